The van der Waals surface area contributed by atoms with Gasteiger partial charge in [0, 0.05) is 30.0 Å². The molecule has 2 aliphatic rings. The van der Waals surface area contributed by atoms with Crippen molar-refractivity contribution in [1.82, 2.24) is 4.90 Å². The van der Waals surface area contributed by atoms with E-state index in [1.54, 1.807) is 0 Å². The van der Waals surface area contributed by atoms with E-state index in [2.05, 4.69) is 11.9 Å². The molecule has 0 saturated carbocycles. The van der Waals surface area contributed by atoms with Gasteiger partial charge in [-0.3, -0.25) is 9.69 Å². The molecule has 2 atom stereocenters. The lowest BCUT2D eigenvalue weighted by atomic mass is 9.85. The Hall–Kier alpha value is -0.220. The van der Waals surface area contributed by atoms with Gasteiger partial charge < -0.3 is 5.11 Å². The lowest BCUT2D eigenvalue weighted by Crippen LogP contribution is -2.52. The summed E-state index contributed by atoms with van der Waals surface area (Å²) in [5, 5.41) is 8.78. The van der Waals surface area contributed by atoms with Gasteiger partial charge in [-0.05, 0) is 25.8 Å². The molecule has 2 fully saturated rings. The molecular weight excluding hydrogens is 198 g/mol. The van der Waals surface area contributed by atoms with Crippen molar-refractivity contribution in [3.8, 4) is 0 Å². The highest BCUT2D eigenvalue weighted by molar-refractivity contribution is 7.99. The van der Waals surface area contributed by atoms with E-state index in [1.807, 2.05) is 11.8 Å². The number of piperidine rings is 1. The summed E-state index contributed by atoms with van der Waals surface area (Å²) in [6.45, 7) is 0. The van der Waals surface area contributed by atoms with Crippen LogP contribution in [-0.4, -0.2) is 46.6 Å². The van der Waals surface area contributed by atoms with Crippen LogP contribution in [0.2, 0.25) is 0 Å². The highest BCUT2D eigenvalue weighted by Crippen LogP contribution is 2.35. The fourth-order valence-corrected chi connectivity index (χ4v) is 4.04. The number of carbonyl (C=O) groups is 1. The normalized spacial score (nSPS) is 38.2. The van der Waals surface area contributed by atoms with Crippen molar-refractivity contribution in [1.29, 1.82) is 0 Å². The Kier molecular flexibility index (Phi) is 3.02. The number of carboxylic acid groups (broad SMARTS) is 1. The van der Waals surface area contributed by atoms with Gasteiger partial charge in [-0.1, -0.05) is 0 Å². The number of rotatable bonds is 2. The first kappa shape index (κ1) is 10.3. The summed E-state index contributed by atoms with van der Waals surface area (Å²) in [5.74, 6) is 2.15. The molecule has 0 amide bonds. The second-order valence-corrected chi connectivity index (χ2v) is 5.52. The van der Waals surface area contributed by atoms with Crippen molar-refractivity contribution in [2.24, 2.45) is 5.92 Å². The standard InChI is InChI=1S/C10H17NO2S/c1-11-8-2-7(4-10(12)13)3-9(11)6-14-5-8/h7-9H,2-6H2,1H3,(H,12,13). The molecule has 2 unspecified atom stereocenters. The third kappa shape index (κ3) is 2.06. The number of hydrogen-bond donors (Lipinski definition) is 1. The minimum Gasteiger partial charge on any atom is -0.481 e. The third-order valence-electron chi connectivity index (χ3n) is 3.45. The van der Waals surface area contributed by atoms with Crippen molar-refractivity contribution >= 4 is 17.7 Å². The molecule has 1 N–H and O–H groups in total. The quantitative estimate of drug-likeness (QED) is 0.753. The van der Waals surface area contributed by atoms with Crippen LogP contribution in [0.25, 0.3) is 0 Å². The predicted octanol–water partition coefficient (Wildman–Crippen LogP) is 1.29. The van der Waals surface area contributed by atoms with Gasteiger partial charge in [-0.25, -0.2) is 0 Å². The predicted molar refractivity (Wildman–Crippen MR) is 57.6 cm³/mol. The number of nitrogens with zero attached hydrogens (tertiary/aromatic N) is 1. The Bertz CT molecular complexity index is 220. The van der Waals surface area contributed by atoms with Gasteiger partial charge in [0.2, 0.25) is 0 Å². The molecule has 2 rings (SSSR count). The van der Waals surface area contributed by atoms with E-state index in [-0.39, 0.29) is 0 Å². The van der Waals surface area contributed by atoms with E-state index in [9.17, 15) is 4.79 Å². The van der Waals surface area contributed by atoms with Gasteiger partial charge in [0.15, 0.2) is 0 Å². The Labute approximate surface area is 88.9 Å². The summed E-state index contributed by atoms with van der Waals surface area (Å²) < 4.78 is 0. The van der Waals surface area contributed by atoms with Crippen LogP contribution >= 0.6 is 11.8 Å². The number of fused-ring (bicyclic) bond motifs is 2. The van der Waals surface area contributed by atoms with Crippen molar-refractivity contribution in [2.75, 3.05) is 18.6 Å². The van der Waals surface area contributed by atoms with E-state index in [0.29, 0.717) is 24.4 Å². The van der Waals surface area contributed by atoms with Crippen LogP contribution in [0.1, 0.15) is 19.3 Å². The molecule has 0 spiro atoms. The van der Waals surface area contributed by atoms with Crippen LogP contribution in [0.15, 0.2) is 0 Å². The van der Waals surface area contributed by atoms with Crippen LogP contribution in [-0.2, 0) is 4.79 Å². The Morgan fingerprint density at radius 3 is 2.50 bits per heavy atom. The molecule has 0 aromatic carbocycles. The first-order valence-corrected chi connectivity index (χ1v) is 6.33. The molecule has 0 aromatic heterocycles. The Balaban J connectivity index is 1.97. The number of hydrogen-bond acceptors (Lipinski definition) is 3. The van der Waals surface area contributed by atoms with Crippen molar-refractivity contribution in [3.05, 3.63) is 0 Å². The minimum absolute atomic E-state index is 0.367. The smallest absolute Gasteiger partial charge is 0.303 e. The van der Waals surface area contributed by atoms with Gasteiger partial charge in [0.1, 0.15) is 0 Å². The first-order chi connectivity index (χ1) is 6.66. The van der Waals surface area contributed by atoms with Crippen LogP contribution in [0, 0.1) is 5.92 Å². The van der Waals surface area contributed by atoms with Crippen molar-refractivity contribution < 1.29 is 9.90 Å². The third-order valence-corrected chi connectivity index (χ3v) is 4.69. The Morgan fingerprint density at radius 2 is 2.00 bits per heavy atom. The van der Waals surface area contributed by atoms with Crippen LogP contribution in [0.4, 0.5) is 0 Å². The fraction of sp³-hybridized carbons (Fsp3) is 0.900. The molecule has 2 aliphatic heterocycles. The summed E-state index contributed by atoms with van der Waals surface area (Å²) >= 11 is 2.02. The molecule has 0 aromatic rings. The van der Waals surface area contributed by atoms with Gasteiger partial charge in [0.05, 0.1) is 0 Å². The summed E-state index contributed by atoms with van der Waals surface area (Å²) in [4.78, 5) is 13.1. The summed E-state index contributed by atoms with van der Waals surface area (Å²) in [6.07, 6.45) is 2.52. The summed E-state index contributed by atoms with van der Waals surface area (Å²) in [6, 6.07) is 1.24. The monoisotopic (exact) mass is 215 g/mol. The lowest BCUT2D eigenvalue weighted by molar-refractivity contribution is -0.138. The maximum Gasteiger partial charge on any atom is 0.303 e. The number of aliphatic carboxylic acids is 1. The van der Waals surface area contributed by atoms with Crippen LogP contribution in [0.3, 0.4) is 0 Å². The molecule has 2 saturated heterocycles. The second kappa shape index (κ2) is 4.11. The average Bonchev–Trinajstić information content (AvgIpc) is 2.05. The SMILES string of the molecule is CN1C2CSCC1CC(CC(=O)O)C2. The molecule has 0 radical (unpaired) electrons. The van der Waals surface area contributed by atoms with Gasteiger partial charge in [-0.2, -0.15) is 11.8 Å². The highest BCUT2D eigenvalue weighted by Gasteiger charge is 2.36. The molecule has 2 bridgehead atoms. The number of carboxylic acids is 1. The maximum absolute atomic E-state index is 10.6. The molecule has 3 nitrogen and oxygen atoms in total. The number of thioether (sulfide) groups is 1. The van der Waals surface area contributed by atoms with E-state index in [0.717, 1.165) is 12.8 Å². The van der Waals surface area contributed by atoms with E-state index in [1.165, 1.54) is 11.5 Å². The molecule has 2 heterocycles. The van der Waals surface area contributed by atoms with E-state index < -0.39 is 5.97 Å². The largest absolute Gasteiger partial charge is 0.481 e. The van der Waals surface area contributed by atoms with Crippen LogP contribution in [0.5, 0.6) is 0 Å². The summed E-state index contributed by atoms with van der Waals surface area (Å²) in [7, 11) is 2.19. The zero-order chi connectivity index (χ0) is 10.1. The minimum atomic E-state index is -0.634. The lowest BCUT2D eigenvalue weighted by Gasteiger charge is -2.46. The van der Waals surface area contributed by atoms with Gasteiger partial charge >= 0.3 is 5.97 Å². The van der Waals surface area contributed by atoms with E-state index >= 15 is 0 Å². The molecule has 4 heteroatoms. The van der Waals surface area contributed by atoms with Crippen LogP contribution < -0.4 is 0 Å². The highest BCUT2D eigenvalue weighted by atomic mass is 32.2. The molecule has 14 heavy (non-hydrogen) atoms. The average molecular weight is 215 g/mol. The first-order valence-electron chi connectivity index (χ1n) is 5.18. The zero-order valence-corrected chi connectivity index (χ0v) is 9.30. The second-order valence-electron chi connectivity index (χ2n) is 4.45. The Morgan fingerprint density at radius 1 is 1.43 bits per heavy atom. The van der Waals surface area contributed by atoms with Gasteiger partial charge in [0.25, 0.3) is 0 Å². The van der Waals surface area contributed by atoms with Crippen molar-refractivity contribution in [3.63, 3.8) is 0 Å². The molecular formula is C10H17NO2S. The maximum atomic E-state index is 10.6. The molecule has 0 aliphatic carbocycles. The molecule has 80 valence electrons. The van der Waals surface area contributed by atoms with E-state index in [4.69, 9.17) is 5.11 Å². The van der Waals surface area contributed by atoms with Crippen molar-refractivity contribution in [2.45, 2.75) is 31.3 Å². The topological polar surface area (TPSA) is 40.5 Å². The fourth-order valence-electron chi connectivity index (χ4n) is 2.62. The summed E-state index contributed by atoms with van der Waals surface area (Å²) in [5.41, 5.74) is 0. The van der Waals surface area contributed by atoms with Gasteiger partial charge in [-0.15, -0.1) is 0 Å². The zero-order valence-electron chi connectivity index (χ0n) is 8.48.